The van der Waals surface area contributed by atoms with Gasteiger partial charge in [-0.15, -0.1) is 0 Å². The van der Waals surface area contributed by atoms with Crippen LogP contribution in [0.2, 0.25) is 0 Å². The zero-order valence-electron chi connectivity index (χ0n) is 23.4. The summed E-state index contributed by atoms with van der Waals surface area (Å²) in [6, 6.07) is 0. The van der Waals surface area contributed by atoms with Crippen LogP contribution in [0.5, 0.6) is 0 Å². The van der Waals surface area contributed by atoms with Crippen LogP contribution in [0.3, 0.4) is 0 Å². The number of nitrogens with two attached hydrogens (primary N) is 1. The van der Waals surface area contributed by atoms with Crippen LogP contribution in [0.1, 0.15) is 158 Å². The predicted octanol–water partition coefficient (Wildman–Crippen LogP) is 9.92. The van der Waals surface area contributed by atoms with E-state index in [2.05, 4.69) is 34.6 Å². The summed E-state index contributed by atoms with van der Waals surface area (Å²) in [5, 5.41) is 0. The quantitative estimate of drug-likeness (QED) is 0.386. The maximum atomic E-state index is 7.39. The Morgan fingerprint density at radius 1 is 0.719 bits per heavy atom. The molecule has 0 amide bonds. The van der Waals surface area contributed by atoms with Gasteiger partial charge in [0.15, 0.2) is 0 Å². The summed E-state index contributed by atoms with van der Waals surface area (Å²) in [6.45, 7) is 16.6. The number of hydrogen-bond acceptors (Lipinski definition) is 1. The molecule has 2 N–H and O–H groups in total. The second-order valence-electron chi connectivity index (χ2n) is 12.5. The molecule has 1 heteroatoms. The van der Waals surface area contributed by atoms with Gasteiger partial charge in [0.05, 0.1) is 0 Å². The molecule has 6 unspecified atom stereocenters. The van der Waals surface area contributed by atoms with Gasteiger partial charge >= 0.3 is 0 Å². The molecule has 3 rings (SSSR count). The zero-order chi connectivity index (χ0) is 23.8. The van der Waals surface area contributed by atoms with Crippen molar-refractivity contribution in [3.63, 3.8) is 0 Å². The first-order valence-corrected chi connectivity index (χ1v) is 15.1. The third kappa shape index (κ3) is 5.78. The van der Waals surface area contributed by atoms with Gasteiger partial charge in [-0.3, -0.25) is 0 Å². The van der Waals surface area contributed by atoms with Gasteiger partial charge in [-0.05, 0) is 85.9 Å². The van der Waals surface area contributed by atoms with Crippen molar-refractivity contribution >= 4 is 0 Å². The molecule has 0 aromatic carbocycles. The normalized spacial score (nSPS) is 42.4. The maximum absolute atomic E-state index is 7.39. The van der Waals surface area contributed by atoms with E-state index >= 15 is 0 Å². The van der Waals surface area contributed by atoms with Crippen molar-refractivity contribution in [2.24, 2.45) is 40.2 Å². The third-order valence-electron chi connectivity index (χ3n) is 11.0. The SMILES string of the molecule is CC.CCCCCCC1(N)CCC2C(CC)C[C@H](CC)C3CCCCC3(C)CCCC21C. The molecule has 3 fully saturated rings. The highest BCUT2D eigenvalue weighted by atomic mass is 14.8. The molecule has 0 aliphatic heterocycles. The highest BCUT2D eigenvalue weighted by Gasteiger charge is 2.56. The predicted molar refractivity (Wildman–Crippen MR) is 144 cm³/mol. The lowest BCUT2D eigenvalue weighted by Crippen LogP contribution is -2.54. The smallest absolute Gasteiger partial charge is 0.0211 e. The van der Waals surface area contributed by atoms with E-state index in [-0.39, 0.29) is 5.54 Å². The van der Waals surface area contributed by atoms with Crippen LogP contribution in [-0.2, 0) is 0 Å². The highest BCUT2D eigenvalue weighted by molar-refractivity contribution is 5.10. The standard InChI is InChI=1S/C29H55N.C2H6/c1-6-9-10-12-20-29(30)21-16-26-24(8-3)22-23(7-2)25-15-11-13-17-27(25,4)18-14-19-28(26,29)5;1-2/h23-26H,6-22,30H2,1-5H3;1-2H3/t23-,24?,25?,26?,27?,28?,29?;/m0./s1. The van der Waals surface area contributed by atoms with E-state index in [4.69, 9.17) is 5.73 Å². The second kappa shape index (κ2) is 12.6. The Balaban J connectivity index is 0.00000176. The van der Waals surface area contributed by atoms with Crippen molar-refractivity contribution in [2.45, 2.75) is 163 Å². The fraction of sp³-hybridized carbons (Fsp3) is 1.00. The van der Waals surface area contributed by atoms with E-state index in [0.29, 0.717) is 10.8 Å². The molecule has 0 aromatic rings. The van der Waals surface area contributed by atoms with Crippen LogP contribution < -0.4 is 5.73 Å². The van der Waals surface area contributed by atoms with Gasteiger partial charge in [0.2, 0.25) is 0 Å². The van der Waals surface area contributed by atoms with Crippen molar-refractivity contribution in [2.75, 3.05) is 0 Å². The minimum absolute atomic E-state index is 0.0899. The molecule has 7 atom stereocenters. The first-order valence-electron chi connectivity index (χ1n) is 15.1. The second-order valence-corrected chi connectivity index (χ2v) is 12.5. The van der Waals surface area contributed by atoms with Crippen molar-refractivity contribution in [1.82, 2.24) is 0 Å². The molecule has 0 bridgehead atoms. The third-order valence-corrected chi connectivity index (χ3v) is 11.0. The molecule has 32 heavy (non-hydrogen) atoms. The van der Waals surface area contributed by atoms with E-state index in [1.54, 1.807) is 0 Å². The average molecular weight is 448 g/mol. The van der Waals surface area contributed by atoms with Crippen LogP contribution in [0.25, 0.3) is 0 Å². The molecular formula is C31H61N. The van der Waals surface area contributed by atoms with E-state index in [0.717, 1.165) is 23.7 Å². The molecule has 0 radical (unpaired) electrons. The molecular weight excluding hydrogens is 386 g/mol. The van der Waals surface area contributed by atoms with Crippen LogP contribution in [0.15, 0.2) is 0 Å². The van der Waals surface area contributed by atoms with Gasteiger partial charge in [-0.25, -0.2) is 0 Å². The Bertz CT molecular complexity index is 529. The molecule has 3 aliphatic carbocycles. The van der Waals surface area contributed by atoms with Crippen LogP contribution >= 0.6 is 0 Å². The number of rotatable bonds is 7. The molecule has 1 nitrogen and oxygen atoms in total. The van der Waals surface area contributed by atoms with E-state index in [9.17, 15) is 0 Å². The Hall–Kier alpha value is -0.0400. The Morgan fingerprint density at radius 2 is 1.38 bits per heavy atom. The lowest BCUT2D eigenvalue weighted by Gasteiger charge is -2.52. The molecule has 0 spiro atoms. The molecule has 0 aromatic heterocycles. The fourth-order valence-electron chi connectivity index (χ4n) is 8.88. The topological polar surface area (TPSA) is 26.0 Å². The number of fused-ring (bicyclic) bond motifs is 2. The first-order chi connectivity index (χ1) is 15.3. The monoisotopic (exact) mass is 447 g/mol. The van der Waals surface area contributed by atoms with Gasteiger partial charge in [-0.1, -0.05) is 106 Å². The Kier molecular flexibility index (Phi) is 11.1. The van der Waals surface area contributed by atoms with Crippen LogP contribution in [0, 0.1) is 34.5 Å². The van der Waals surface area contributed by atoms with Crippen molar-refractivity contribution in [1.29, 1.82) is 0 Å². The number of hydrogen-bond donors (Lipinski definition) is 1. The van der Waals surface area contributed by atoms with Crippen molar-refractivity contribution < 1.29 is 0 Å². The molecule has 190 valence electrons. The van der Waals surface area contributed by atoms with Gasteiger partial charge in [0.25, 0.3) is 0 Å². The van der Waals surface area contributed by atoms with Gasteiger partial charge in [0.1, 0.15) is 0 Å². The van der Waals surface area contributed by atoms with E-state index < -0.39 is 0 Å². The van der Waals surface area contributed by atoms with Crippen LogP contribution in [0.4, 0.5) is 0 Å². The Labute approximate surface area is 203 Å². The summed E-state index contributed by atoms with van der Waals surface area (Å²) in [4.78, 5) is 0. The summed E-state index contributed by atoms with van der Waals surface area (Å²) in [5.74, 6) is 3.68. The van der Waals surface area contributed by atoms with E-state index in [1.807, 2.05) is 13.8 Å². The number of unbranched alkanes of at least 4 members (excludes halogenated alkanes) is 3. The summed E-state index contributed by atoms with van der Waals surface area (Å²) in [6.07, 6.45) is 23.8. The summed E-state index contributed by atoms with van der Waals surface area (Å²) >= 11 is 0. The summed E-state index contributed by atoms with van der Waals surface area (Å²) in [5.41, 5.74) is 8.43. The molecule has 3 saturated carbocycles. The van der Waals surface area contributed by atoms with Gasteiger partial charge < -0.3 is 5.73 Å². The van der Waals surface area contributed by atoms with Gasteiger partial charge in [-0.2, -0.15) is 0 Å². The molecule has 0 heterocycles. The fourth-order valence-corrected chi connectivity index (χ4v) is 8.88. The van der Waals surface area contributed by atoms with Gasteiger partial charge in [0, 0.05) is 5.54 Å². The highest BCUT2D eigenvalue weighted by Crippen LogP contribution is 2.61. The largest absolute Gasteiger partial charge is 0.325 e. The first kappa shape index (κ1) is 28.2. The Morgan fingerprint density at radius 3 is 2.03 bits per heavy atom. The molecule has 0 saturated heterocycles. The van der Waals surface area contributed by atoms with Crippen LogP contribution in [-0.4, -0.2) is 5.54 Å². The average Bonchev–Trinajstić information content (AvgIpc) is 3.05. The summed E-state index contributed by atoms with van der Waals surface area (Å²) in [7, 11) is 0. The lowest BCUT2D eigenvalue weighted by atomic mass is 9.54. The van der Waals surface area contributed by atoms with E-state index in [1.165, 1.54) is 109 Å². The maximum Gasteiger partial charge on any atom is 0.0211 e. The minimum Gasteiger partial charge on any atom is -0.325 e. The molecule has 3 aliphatic rings. The van der Waals surface area contributed by atoms with Crippen molar-refractivity contribution in [3.05, 3.63) is 0 Å². The zero-order valence-corrected chi connectivity index (χ0v) is 23.4. The summed E-state index contributed by atoms with van der Waals surface area (Å²) < 4.78 is 0. The lowest BCUT2D eigenvalue weighted by molar-refractivity contribution is -0.00706. The minimum atomic E-state index is 0.0899. The van der Waals surface area contributed by atoms with Crippen molar-refractivity contribution in [3.8, 4) is 0 Å².